The first-order chi connectivity index (χ1) is 15.4. The monoisotopic (exact) mass is 457 g/mol. The molecule has 2 aliphatic rings. The third-order valence-corrected chi connectivity index (χ3v) is 7.83. The number of ether oxygens (including phenoxy) is 1. The van der Waals surface area contributed by atoms with Crippen molar-refractivity contribution in [3.05, 3.63) is 54.1 Å². The number of aryl methyl sites for hydroxylation is 1. The van der Waals surface area contributed by atoms with E-state index in [9.17, 15) is 13.2 Å². The Kier molecular flexibility index (Phi) is 7.01. The van der Waals surface area contributed by atoms with Crippen molar-refractivity contribution in [1.29, 1.82) is 0 Å². The molecule has 0 unspecified atom stereocenters. The second-order valence-electron chi connectivity index (χ2n) is 8.47. The van der Waals surface area contributed by atoms with Crippen molar-refractivity contribution in [3.63, 3.8) is 0 Å². The molecule has 1 atom stereocenters. The summed E-state index contributed by atoms with van der Waals surface area (Å²) in [4.78, 5) is 15.5. The zero-order valence-electron chi connectivity index (χ0n) is 18.5. The molecule has 2 aromatic carbocycles. The number of likely N-dealkylation sites (tertiary alicyclic amines) is 1. The first-order valence-electron chi connectivity index (χ1n) is 11.3. The topological polar surface area (TPSA) is 79.0 Å². The van der Waals surface area contributed by atoms with Gasteiger partial charge in [-0.15, -0.1) is 0 Å². The lowest BCUT2D eigenvalue weighted by atomic mass is 10.1. The molecule has 1 amide bonds. The van der Waals surface area contributed by atoms with Crippen LogP contribution in [0.25, 0.3) is 0 Å². The summed E-state index contributed by atoms with van der Waals surface area (Å²) in [5.74, 6) is 0.102. The second-order valence-corrected chi connectivity index (χ2v) is 10.3. The number of nitrogens with one attached hydrogen (secondary N) is 1. The predicted octanol–water partition coefficient (Wildman–Crippen LogP) is 2.94. The Labute approximate surface area is 190 Å². The van der Waals surface area contributed by atoms with Crippen LogP contribution in [0.2, 0.25) is 0 Å². The van der Waals surface area contributed by atoms with Crippen molar-refractivity contribution in [2.45, 2.75) is 43.6 Å². The lowest BCUT2D eigenvalue weighted by molar-refractivity contribution is -0.127. The smallest absolute Gasteiger partial charge is 0.264 e. The van der Waals surface area contributed by atoms with Crippen LogP contribution >= 0.6 is 0 Å². The van der Waals surface area contributed by atoms with Crippen molar-refractivity contribution < 1.29 is 17.9 Å². The van der Waals surface area contributed by atoms with Gasteiger partial charge in [-0.1, -0.05) is 36.2 Å². The molecule has 1 fully saturated rings. The van der Waals surface area contributed by atoms with Gasteiger partial charge < -0.3 is 15.0 Å². The third kappa shape index (κ3) is 5.07. The molecule has 0 aliphatic carbocycles. The number of sulfonamides is 1. The summed E-state index contributed by atoms with van der Waals surface area (Å²) in [7, 11) is -3.83. The van der Waals surface area contributed by atoms with E-state index in [4.69, 9.17) is 4.74 Å². The number of carbonyl (C=O) groups excluding carboxylic acids is 1. The van der Waals surface area contributed by atoms with Gasteiger partial charge in [0.2, 0.25) is 0 Å². The standard InChI is InChI=1S/C24H31N3O4S/c1-19-10-12-20(13-11-19)32(29,30)27-18-23(31-22-9-4-3-8-21(22)27)24(28)25-14-7-17-26-15-5-2-6-16-26/h3-4,8-13,23H,2,5-7,14-18H2,1H3,(H,25,28)/t23-/m1/s1. The van der Waals surface area contributed by atoms with Crippen molar-refractivity contribution in [2.24, 2.45) is 0 Å². The van der Waals surface area contributed by atoms with Crippen molar-refractivity contribution in [1.82, 2.24) is 10.2 Å². The Hall–Kier alpha value is -2.58. The minimum Gasteiger partial charge on any atom is -0.476 e. The summed E-state index contributed by atoms with van der Waals surface area (Å²) in [5, 5.41) is 2.93. The van der Waals surface area contributed by atoms with Gasteiger partial charge in [0.1, 0.15) is 5.75 Å². The number of para-hydroxylation sites is 2. The lowest BCUT2D eigenvalue weighted by Crippen LogP contribution is -2.51. The molecule has 2 aromatic rings. The van der Waals surface area contributed by atoms with Gasteiger partial charge in [0.05, 0.1) is 17.1 Å². The van der Waals surface area contributed by atoms with E-state index in [-0.39, 0.29) is 17.3 Å². The molecule has 32 heavy (non-hydrogen) atoms. The van der Waals surface area contributed by atoms with E-state index in [1.807, 2.05) is 6.92 Å². The van der Waals surface area contributed by atoms with Gasteiger partial charge in [-0.05, 0) is 70.1 Å². The third-order valence-electron chi connectivity index (χ3n) is 6.04. The number of amides is 1. The van der Waals surface area contributed by atoms with Crippen molar-refractivity contribution >= 4 is 21.6 Å². The van der Waals surface area contributed by atoms with Crippen LogP contribution in [-0.4, -0.2) is 58.1 Å². The molecule has 2 aliphatic heterocycles. The van der Waals surface area contributed by atoms with Crippen LogP contribution in [0, 0.1) is 6.92 Å². The zero-order valence-corrected chi connectivity index (χ0v) is 19.3. The molecule has 1 N–H and O–H groups in total. The van der Waals surface area contributed by atoms with E-state index >= 15 is 0 Å². The average Bonchev–Trinajstić information content (AvgIpc) is 2.82. The fourth-order valence-electron chi connectivity index (χ4n) is 4.21. The maximum atomic E-state index is 13.4. The number of nitrogens with zero attached hydrogens (tertiary/aromatic N) is 2. The Bertz CT molecular complexity index is 1030. The number of fused-ring (bicyclic) bond motifs is 1. The summed E-state index contributed by atoms with van der Waals surface area (Å²) in [6, 6.07) is 13.7. The summed E-state index contributed by atoms with van der Waals surface area (Å²) in [5.41, 5.74) is 1.43. The molecule has 172 valence electrons. The van der Waals surface area contributed by atoms with Gasteiger partial charge >= 0.3 is 0 Å². The number of hydrogen-bond acceptors (Lipinski definition) is 5. The highest BCUT2D eigenvalue weighted by Gasteiger charge is 2.37. The number of benzene rings is 2. The Morgan fingerprint density at radius 2 is 1.78 bits per heavy atom. The summed E-state index contributed by atoms with van der Waals surface area (Å²) >= 11 is 0. The van der Waals surface area contributed by atoms with Crippen LogP contribution < -0.4 is 14.4 Å². The fourth-order valence-corrected chi connectivity index (χ4v) is 5.69. The van der Waals surface area contributed by atoms with Gasteiger partial charge in [0.25, 0.3) is 15.9 Å². The van der Waals surface area contributed by atoms with Crippen LogP contribution in [0.4, 0.5) is 5.69 Å². The lowest BCUT2D eigenvalue weighted by Gasteiger charge is -2.34. The molecule has 4 rings (SSSR count). The molecule has 0 saturated carbocycles. The van der Waals surface area contributed by atoms with Gasteiger partial charge in [-0.25, -0.2) is 8.42 Å². The Balaban J connectivity index is 1.44. The van der Waals surface area contributed by atoms with Crippen LogP contribution in [0.15, 0.2) is 53.4 Å². The highest BCUT2D eigenvalue weighted by molar-refractivity contribution is 7.92. The summed E-state index contributed by atoms with van der Waals surface area (Å²) < 4.78 is 34.0. The highest BCUT2D eigenvalue weighted by Crippen LogP contribution is 2.36. The largest absolute Gasteiger partial charge is 0.476 e. The van der Waals surface area contributed by atoms with Crippen molar-refractivity contribution in [3.8, 4) is 5.75 Å². The van der Waals surface area contributed by atoms with E-state index in [0.717, 1.165) is 31.6 Å². The van der Waals surface area contributed by atoms with E-state index in [1.165, 1.54) is 23.6 Å². The predicted molar refractivity (Wildman–Crippen MR) is 124 cm³/mol. The van der Waals surface area contributed by atoms with Gasteiger partial charge in [-0.3, -0.25) is 9.10 Å². The molecule has 0 spiro atoms. The normalized spacial score (nSPS) is 19.2. The highest BCUT2D eigenvalue weighted by atomic mass is 32.2. The van der Waals surface area contributed by atoms with E-state index in [1.54, 1.807) is 48.5 Å². The van der Waals surface area contributed by atoms with Crippen molar-refractivity contribution in [2.75, 3.05) is 37.0 Å². The molecule has 2 heterocycles. The molecule has 7 nitrogen and oxygen atoms in total. The molecular formula is C24H31N3O4S. The number of rotatable bonds is 7. The molecule has 0 bridgehead atoms. The van der Waals surface area contributed by atoms with Crippen LogP contribution in [-0.2, 0) is 14.8 Å². The minimum atomic E-state index is -3.83. The number of carbonyl (C=O) groups is 1. The number of hydrogen-bond donors (Lipinski definition) is 1. The summed E-state index contributed by atoms with van der Waals surface area (Å²) in [6.07, 6.45) is 3.75. The zero-order chi connectivity index (χ0) is 22.6. The maximum Gasteiger partial charge on any atom is 0.264 e. The Morgan fingerprint density at radius 1 is 1.06 bits per heavy atom. The SMILES string of the molecule is Cc1ccc(S(=O)(=O)N2C[C@H](C(=O)NCCCN3CCCCC3)Oc3ccccc32)cc1. The Morgan fingerprint density at radius 3 is 2.53 bits per heavy atom. The first-order valence-corrected chi connectivity index (χ1v) is 12.7. The number of piperidine rings is 1. The fraction of sp³-hybridized carbons (Fsp3) is 0.458. The number of anilines is 1. The maximum absolute atomic E-state index is 13.4. The molecule has 8 heteroatoms. The average molecular weight is 458 g/mol. The van der Waals surface area contributed by atoms with E-state index in [2.05, 4.69) is 10.2 Å². The second kappa shape index (κ2) is 9.92. The van der Waals surface area contributed by atoms with E-state index in [0.29, 0.717) is 18.0 Å². The summed E-state index contributed by atoms with van der Waals surface area (Å²) in [6.45, 7) is 5.60. The first kappa shape index (κ1) is 22.6. The van der Waals surface area contributed by atoms with Gasteiger partial charge in [-0.2, -0.15) is 0 Å². The quantitative estimate of drug-likeness (QED) is 0.647. The molecule has 1 saturated heterocycles. The van der Waals surface area contributed by atoms with Crippen LogP contribution in [0.5, 0.6) is 5.75 Å². The van der Waals surface area contributed by atoms with Gasteiger partial charge in [0.15, 0.2) is 6.10 Å². The van der Waals surface area contributed by atoms with Crippen LogP contribution in [0.1, 0.15) is 31.2 Å². The molecule has 0 radical (unpaired) electrons. The van der Waals surface area contributed by atoms with Crippen LogP contribution in [0.3, 0.4) is 0 Å². The molecular weight excluding hydrogens is 426 g/mol. The molecule has 0 aromatic heterocycles. The minimum absolute atomic E-state index is 0.0643. The van der Waals surface area contributed by atoms with Gasteiger partial charge in [0, 0.05) is 6.54 Å². The van der Waals surface area contributed by atoms with E-state index < -0.39 is 16.1 Å².